The summed E-state index contributed by atoms with van der Waals surface area (Å²) in [7, 11) is 0. The second-order valence-corrected chi connectivity index (χ2v) is 7.87. The third-order valence-corrected chi connectivity index (χ3v) is 4.85. The molecule has 1 saturated heterocycles. The third kappa shape index (κ3) is 5.37. The van der Waals surface area contributed by atoms with E-state index in [1.807, 2.05) is 0 Å². The molecule has 4 rings (SSSR count). The van der Waals surface area contributed by atoms with E-state index >= 15 is 0 Å². The Morgan fingerprint density at radius 3 is 2.45 bits per heavy atom. The van der Waals surface area contributed by atoms with Gasteiger partial charge in [0.2, 0.25) is 0 Å². The van der Waals surface area contributed by atoms with E-state index in [0.29, 0.717) is 30.0 Å². The maximum Gasteiger partial charge on any atom is 0.573 e. The molecule has 3 aromatic rings. The number of nitrogens with one attached hydrogen (secondary N) is 1. The molecule has 1 amide bonds. The maximum absolute atomic E-state index is 13.8. The Morgan fingerprint density at radius 2 is 1.85 bits per heavy atom. The minimum Gasteiger partial charge on any atom is -0.406 e. The molecule has 3 heterocycles. The van der Waals surface area contributed by atoms with Gasteiger partial charge < -0.3 is 20.1 Å². The van der Waals surface area contributed by atoms with Gasteiger partial charge in [-0.3, -0.25) is 9.78 Å². The predicted molar refractivity (Wildman–Crippen MR) is 111 cm³/mol. The van der Waals surface area contributed by atoms with Crippen molar-refractivity contribution in [3.63, 3.8) is 0 Å². The van der Waals surface area contributed by atoms with Crippen molar-refractivity contribution in [2.75, 3.05) is 23.3 Å². The summed E-state index contributed by atoms with van der Waals surface area (Å²) in [6.45, 7) is 2.31. The highest BCUT2D eigenvalue weighted by molar-refractivity contribution is 6.05. The fraction of sp³-hybridized carbons (Fsp3) is 0.227. The van der Waals surface area contributed by atoms with E-state index < -0.39 is 29.4 Å². The largest absolute Gasteiger partial charge is 0.573 e. The molecule has 1 aromatic carbocycles. The minimum atomic E-state index is -4.82. The van der Waals surface area contributed by atoms with E-state index in [4.69, 9.17) is 0 Å². The molecule has 0 aliphatic carbocycles. The highest BCUT2D eigenvalue weighted by atomic mass is 19.4. The molecule has 11 heteroatoms. The first-order valence-corrected chi connectivity index (χ1v) is 9.75. The normalized spacial score (nSPS) is 15.0. The summed E-state index contributed by atoms with van der Waals surface area (Å²) in [5, 5.41) is 12.6. The van der Waals surface area contributed by atoms with Gasteiger partial charge in [0.05, 0.1) is 17.4 Å². The van der Waals surface area contributed by atoms with E-state index in [1.54, 1.807) is 11.8 Å². The highest BCUT2D eigenvalue weighted by Crippen LogP contribution is 2.35. The Labute approximate surface area is 185 Å². The van der Waals surface area contributed by atoms with E-state index in [1.165, 1.54) is 36.7 Å². The zero-order valence-electron chi connectivity index (χ0n) is 17.2. The third-order valence-electron chi connectivity index (χ3n) is 4.85. The lowest BCUT2D eigenvalue weighted by Crippen LogP contribution is -2.60. The van der Waals surface area contributed by atoms with Crippen LogP contribution in [-0.4, -0.2) is 46.0 Å². The van der Waals surface area contributed by atoms with Crippen molar-refractivity contribution in [2.24, 2.45) is 0 Å². The van der Waals surface area contributed by atoms with Crippen molar-refractivity contribution in [2.45, 2.75) is 18.9 Å². The minimum absolute atomic E-state index is 0.140. The number of pyridine rings is 2. The molecular weight excluding hydrogens is 444 g/mol. The molecule has 2 N–H and O–H groups in total. The molecule has 0 unspecified atom stereocenters. The van der Waals surface area contributed by atoms with Crippen LogP contribution in [0.4, 0.5) is 29.1 Å². The predicted octanol–water partition coefficient (Wildman–Crippen LogP) is 4.00. The summed E-state index contributed by atoms with van der Waals surface area (Å²) in [6, 6.07) is 7.45. The smallest absolute Gasteiger partial charge is 0.406 e. The summed E-state index contributed by atoms with van der Waals surface area (Å²) >= 11 is 0. The summed E-state index contributed by atoms with van der Waals surface area (Å²) in [5.74, 6) is -1.10. The number of hydrogen-bond donors (Lipinski definition) is 2. The van der Waals surface area contributed by atoms with Gasteiger partial charge in [-0.2, -0.15) is 0 Å². The van der Waals surface area contributed by atoms with Crippen molar-refractivity contribution < 1.29 is 32.2 Å². The first-order valence-electron chi connectivity index (χ1n) is 9.75. The van der Waals surface area contributed by atoms with Gasteiger partial charge in [-0.15, -0.1) is 13.2 Å². The number of aliphatic hydroxyl groups is 1. The summed E-state index contributed by atoms with van der Waals surface area (Å²) < 4.78 is 54.5. The van der Waals surface area contributed by atoms with Gasteiger partial charge in [0.15, 0.2) is 0 Å². The number of β-amino-alcohol motifs (C(OH)–C–C–N with tert-alkyl or cyclic N) is 1. The number of benzene rings is 1. The standard InChI is InChI=1S/C22H18F4N4O3/c1-21(32)11-30(12-21)19-18(13-6-15(23)10-27-8-13)7-14(9-28-19)20(31)29-16-2-4-17(5-3-16)33-22(24,25)26/h2-10,32H,11-12H2,1H3,(H,29,31). The maximum atomic E-state index is 13.8. The van der Waals surface area contributed by atoms with Crippen LogP contribution in [0, 0.1) is 5.82 Å². The van der Waals surface area contributed by atoms with Crippen LogP contribution in [0.2, 0.25) is 0 Å². The van der Waals surface area contributed by atoms with Crippen molar-refractivity contribution in [3.05, 3.63) is 66.4 Å². The first kappa shape index (κ1) is 22.5. The Bertz CT molecular complexity index is 1180. The molecule has 172 valence electrons. The zero-order valence-corrected chi connectivity index (χ0v) is 17.2. The number of alkyl halides is 3. The lowest BCUT2D eigenvalue weighted by Gasteiger charge is -2.45. The Kier molecular flexibility index (Phi) is 5.66. The number of hydrogen-bond acceptors (Lipinski definition) is 6. The van der Waals surface area contributed by atoms with Crippen molar-refractivity contribution >= 4 is 17.4 Å². The SMILES string of the molecule is CC1(O)CN(c2ncc(C(=O)Nc3ccc(OC(F)(F)F)cc3)cc2-c2cncc(F)c2)C1. The fourth-order valence-corrected chi connectivity index (χ4v) is 3.47. The number of halogens is 4. The molecule has 0 bridgehead atoms. The Balaban J connectivity index is 1.59. The molecule has 1 fully saturated rings. The molecule has 7 nitrogen and oxygen atoms in total. The summed E-state index contributed by atoms with van der Waals surface area (Å²) in [4.78, 5) is 22.7. The van der Waals surface area contributed by atoms with Gasteiger partial charge in [-0.05, 0) is 43.3 Å². The summed E-state index contributed by atoms with van der Waals surface area (Å²) in [6.07, 6.45) is -1.00. The molecule has 1 aliphatic heterocycles. The van der Waals surface area contributed by atoms with E-state index in [-0.39, 0.29) is 11.3 Å². The number of carbonyl (C=O) groups excluding carboxylic acids is 1. The molecule has 0 radical (unpaired) electrons. The van der Waals surface area contributed by atoms with Crippen molar-refractivity contribution in [1.29, 1.82) is 0 Å². The van der Waals surface area contributed by atoms with Gasteiger partial charge in [-0.25, -0.2) is 9.37 Å². The molecule has 2 aromatic heterocycles. The van der Waals surface area contributed by atoms with E-state index in [2.05, 4.69) is 20.0 Å². The topological polar surface area (TPSA) is 87.6 Å². The van der Waals surface area contributed by atoms with Gasteiger partial charge in [0.25, 0.3) is 5.91 Å². The van der Waals surface area contributed by atoms with Crippen LogP contribution in [0.1, 0.15) is 17.3 Å². The van der Waals surface area contributed by atoms with Crippen molar-refractivity contribution in [3.8, 4) is 16.9 Å². The van der Waals surface area contributed by atoms with Gasteiger partial charge in [-0.1, -0.05) is 0 Å². The van der Waals surface area contributed by atoms with Crippen LogP contribution in [0.15, 0.2) is 55.0 Å². The average Bonchev–Trinajstić information content (AvgIpc) is 2.72. The number of aromatic nitrogens is 2. The number of nitrogens with zero attached hydrogens (tertiary/aromatic N) is 3. The van der Waals surface area contributed by atoms with Crippen LogP contribution in [-0.2, 0) is 0 Å². The van der Waals surface area contributed by atoms with Gasteiger partial charge >= 0.3 is 6.36 Å². The molecule has 0 atom stereocenters. The van der Waals surface area contributed by atoms with E-state index in [9.17, 15) is 27.5 Å². The van der Waals surface area contributed by atoms with Gasteiger partial charge in [0.1, 0.15) is 17.4 Å². The van der Waals surface area contributed by atoms with Crippen LogP contribution in [0.5, 0.6) is 5.75 Å². The fourth-order valence-electron chi connectivity index (χ4n) is 3.47. The van der Waals surface area contributed by atoms with Crippen LogP contribution in [0.25, 0.3) is 11.1 Å². The molecular formula is C22H18F4N4O3. The second-order valence-electron chi connectivity index (χ2n) is 7.87. The number of amides is 1. The summed E-state index contributed by atoms with van der Waals surface area (Å²) in [5.41, 5.74) is 0.343. The molecule has 1 aliphatic rings. The number of rotatable bonds is 5. The highest BCUT2D eigenvalue weighted by Gasteiger charge is 2.38. The van der Waals surface area contributed by atoms with Crippen molar-refractivity contribution in [1.82, 2.24) is 9.97 Å². The Morgan fingerprint density at radius 1 is 1.15 bits per heavy atom. The number of ether oxygens (including phenoxy) is 1. The van der Waals surface area contributed by atoms with Crippen LogP contribution >= 0.6 is 0 Å². The van der Waals surface area contributed by atoms with E-state index in [0.717, 1.165) is 18.3 Å². The quantitative estimate of drug-likeness (QED) is 0.558. The molecule has 0 saturated carbocycles. The van der Waals surface area contributed by atoms with Gasteiger partial charge in [0, 0.05) is 42.3 Å². The number of anilines is 2. The zero-order chi connectivity index (χ0) is 23.8. The molecule has 0 spiro atoms. The van der Waals surface area contributed by atoms with Crippen LogP contribution in [0.3, 0.4) is 0 Å². The molecule has 33 heavy (non-hydrogen) atoms. The monoisotopic (exact) mass is 462 g/mol. The lowest BCUT2D eigenvalue weighted by atomic mass is 9.95. The average molecular weight is 462 g/mol. The number of carbonyl (C=O) groups is 1. The first-order chi connectivity index (χ1) is 15.5. The van der Waals surface area contributed by atoms with Crippen LogP contribution < -0.4 is 15.0 Å². The second kappa shape index (κ2) is 8.32. The Hall–Kier alpha value is -3.73. The lowest BCUT2D eigenvalue weighted by molar-refractivity contribution is -0.274.